The lowest BCUT2D eigenvalue weighted by Gasteiger charge is -2.10. The van der Waals surface area contributed by atoms with Crippen molar-refractivity contribution >= 4 is 22.4 Å². The summed E-state index contributed by atoms with van der Waals surface area (Å²) in [5.41, 5.74) is 4.73. The number of sulfonamides is 1. The number of rotatable bonds is 6. The van der Waals surface area contributed by atoms with Gasteiger partial charge in [-0.05, 0) is 36.5 Å². The molecule has 0 unspecified atom stereocenters. The summed E-state index contributed by atoms with van der Waals surface area (Å²) in [5, 5.41) is 7.70. The van der Waals surface area contributed by atoms with Gasteiger partial charge in [0.05, 0.1) is 11.4 Å². The lowest BCUT2D eigenvalue weighted by Crippen LogP contribution is -2.24. The molecule has 3 rings (SSSR count). The second-order valence-corrected chi connectivity index (χ2v) is 8.81. The number of halogens is 1. The van der Waals surface area contributed by atoms with E-state index in [1.807, 2.05) is 13.0 Å². The maximum atomic E-state index is 12.8. The number of aryl methyl sites for hydroxylation is 1. The van der Waals surface area contributed by atoms with Crippen molar-refractivity contribution in [3.63, 3.8) is 0 Å². The smallest absolute Gasteiger partial charge is 0.244 e. The summed E-state index contributed by atoms with van der Waals surface area (Å²) >= 11 is 0. The molecule has 26 heavy (non-hydrogen) atoms. The first-order chi connectivity index (χ1) is 11.8. The average molecular weight is 399 g/mol. The molecule has 1 aliphatic heterocycles. The lowest BCUT2D eigenvalue weighted by molar-refractivity contribution is 0.471. The molecule has 0 saturated heterocycles. The van der Waals surface area contributed by atoms with Crippen LogP contribution in [0.25, 0.3) is 0 Å². The van der Waals surface area contributed by atoms with E-state index >= 15 is 0 Å². The van der Waals surface area contributed by atoms with Crippen molar-refractivity contribution in [3.05, 3.63) is 46.3 Å². The van der Waals surface area contributed by atoms with Crippen LogP contribution in [0, 0.1) is 19.8 Å². The molecule has 0 aliphatic carbocycles. The van der Waals surface area contributed by atoms with E-state index in [1.54, 1.807) is 11.6 Å². The number of nitrogens with one attached hydrogen (secondary N) is 2. The Morgan fingerprint density at radius 2 is 1.92 bits per heavy atom. The van der Waals surface area contributed by atoms with E-state index in [1.165, 1.54) is 11.1 Å². The van der Waals surface area contributed by atoms with Crippen molar-refractivity contribution in [2.45, 2.75) is 58.8 Å². The average Bonchev–Trinajstić information content (AvgIpc) is 3.09. The minimum absolute atomic E-state index is 0. The molecule has 2 heterocycles. The Morgan fingerprint density at radius 1 is 1.23 bits per heavy atom. The van der Waals surface area contributed by atoms with Crippen LogP contribution in [0.1, 0.15) is 41.9 Å². The lowest BCUT2D eigenvalue weighted by atomic mass is 10.1. The highest BCUT2D eigenvalue weighted by Gasteiger charge is 2.24. The van der Waals surface area contributed by atoms with Crippen LogP contribution in [0.15, 0.2) is 23.1 Å². The van der Waals surface area contributed by atoms with E-state index in [0.29, 0.717) is 28.7 Å². The Hall–Kier alpha value is -1.41. The Balaban J connectivity index is 0.00000243. The first kappa shape index (κ1) is 20.9. The van der Waals surface area contributed by atoms with Gasteiger partial charge in [0, 0.05) is 26.2 Å². The fourth-order valence-electron chi connectivity index (χ4n) is 3.30. The minimum Gasteiger partial charge on any atom is -0.309 e. The molecule has 0 fully saturated rings. The maximum absolute atomic E-state index is 12.8. The molecule has 1 aromatic carbocycles. The van der Waals surface area contributed by atoms with E-state index in [4.69, 9.17) is 0 Å². The molecule has 8 heteroatoms. The van der Waals surface area contributed by atoms with Crippen molar-refractivity contribution in [2.24, 2.45) is 5.92 Å². The first-order valence-electron chi connectivity index (χ1n) is 8.63. The second-order valence-electron chi connectivity index (χ2n) is 7.11. The third-order valence-electron chi connectivity index (χ3n) is 4.49. The van der Waals surface area contributed by atoms with Crippen LogP contribution in [0.5, 0.6) is 0 Å². The summed E-state index contributed by atoms with van der Waals surface area (Å²) in [6, 6.07) is 6.12. The zero-order valence-corrected chi connectivity index (χ0v) is 17.3. The van der Waals surface area contributed by atoms with Crippen molar-refractivity contribution in [3.8, 4) is 0 Å². The Labute approximate surface area is 161 Å². The molecule has 0 spiro atoms. The van der Waals surface area contributed by atoms with E-state index in [9.17, 15) is 8.42 Å². The third-order valence-corrected chi connectivity index (χ3v) is 6.14. The molecule has 0 atom stereocenters. The van der Waals surface area contributed by atoms with Crippen LogP contribution in [-0.4, -0.2) is 18.2 Å². The molecule has 1 aromatic heterocycles. The molecule has 0 saturated carbocycles. The molecule has 0 radical (unpaired) electrons. The Bertz CT molecular complexity index is 891. The summed E-state index contributed by atoms with van der Waals surface area (Å²) in [6.07, 6.45) is 0. The van der Waals surface area contributed by atoms with Gasteiger partial charge in [0.25, 0.3) is 0 Å². The second kappa shape index (κ2) is 8.08. The van der Waals surface area contributed by atoms with Crippen LogP contribution in [0.2, 0.25) is 0 Å². The van der Waals surface area contributed by atoms with E-state index in [-0.39, 0.29) is 19.0 Å². The summed E-state index contributed by atoms with van der Waals surface area (Å²) in [6.45, 7) is 10.5. The van der Waals surface area contributed by atoms with Crippen LogP contribution >= 0.6 is 12.4 Å². The summed E-state index contributed by atoms with van der Waals surface area (Å²) in [7, 11) is -3.60. The van der Waals surface area contributed by atoms with Gasteiger partial charge in [0.2, 0.25) is 10.0 Å². The summed E-state index contributed by atoms with van der Waals surface area (Å²) < 4.78 is 30.1. The standard InChI is InChI=1S/C18H26N4O2S.ClH/c1-12(2)11-22-14(4)18(13(3)21-22)25(23,24)20-8-15-5-6-16-9-19-10-17(16)7-15;/h5-7,12,19-20H,8-11H2,1-4H3;1H. The Kier molecular flexibility index (Phi) is 6.50. The largest absolute Gasteiger partial charge is 0.309 e. The van der Waals surface area contributed by atoms with Gasteiger partial charge >= 0.3 is 0 Å². The SMILES string of the molecule is Cc1nn(CC(C)C)c(C)c1S(=O)(=O)NCc1ccc2c(c1)CNC2.Cl. The van der Waals surface area contributed by atoms with Gasteiger partial charge in [-0.3, -0.25) is 4.68 Å². The molecule has 6 nitrogen and oxygen atoms in total. The third kappa shape index (κ3) is 4.28. The van der Waals surface area contributed by atoms with Gasteiger partial charge < -0.3 is 5.32 Å². The molecule has 1 aliphatic rings. The van der Waals surface area contributed by atoms with Crippen molar-refractivity contribution in [1.82, 2.24) is 19.8 Å². The highest BCUT2D eigenvalue weighted by molar-refractivity contribution is 7.89. The normalized spacial score (nSPS) is 13.7. The van der Waals surface area contributed by atoms with E-state index < -0.39 is 10.0 Å². The van der Waals surface area contributed by atoms with Crippen LogP contribution < -0.4 is 10.0 Å². The van der Waals surface area contributed by atoms with Gasteiger partial charge in [-0.15, -0.1) is 12.4 Å². The number of benzene rings is 1. The fraction of sp³-hybridized carbons (Fsp3) is 0.500. The molecule has 0 bridgehead atoms. The number of nitrogens with zero attached hydrogens (tertiary/aromatic N) is 2. The van der Waals surface area contributed by atoms with E-state index in [2.05, 4.69) is 41.1 Å². The number of hydrogen-bond donors (Lipinski definition) is 2. The molecule has 0 amide bonds. The molecule has 144 valence electrons. The molecule has 2 aromatic rings. The summed E-state index contributed by atoms with van der Waals surface area (Å²) in [5.74, 6) is 0.404. The monoisotopic (exact) mass is 398 g/mol. The number of hydrogen-bond acceptors (Lipinski definition) is 4. The molecular formula is C18H27ClN4O2S. The predicted molar refractivity (Wildman–Crippen MR) is 105 cm³/mol. The van der Waals surface area contributed by atoms with Crippen molar-refractivity contribution in [2.75, 3.05) is 0 Å². The van der Waals surface area contributed by atoms with Gasteiger partial charge in [-0.2, -0.15) is 5.10 Å². The predicted octanol–water partition coefficient (Wildman–Crippen LogP) is 2.66. The first-order valence-corrected chi connectivity index (χ1v) is 10.1. The summed E-state index contributed by atoms with van der Waals surface area (Å²) in [4.78, 5) is 0.302. The number of fused-ring (bicyclic) bond motifs is 1. The molecular weight excluding hydrogens is 372 g/mol. The number of aromatic nitrogens is 2. The van der Waals surface area contributed by atoms with E-state index in [0.717, 1.165) is 18.7 Å². The zero-order valence-electron chi connectivity index (χ0n) is 15.7. The zero-order chi connectivity index (χ0) is 18.2. The van der Waals surface area contributed by atoms with Gasteiger partial charge in [-0.1, -0.05) is 32.0 Å². The van der Waals surface area contributed by atoms with Gasteiger partial charge in [0.15, 0.2) is 0 Å². The minimum atomic E-state index is -3.60. The fourth-order valence-corrected chi connectivity index (χ4v) is 4.73. The van der Waals surface area contributed by atoms with Gasteiger partial charge in [-0.25, -0.2) is 13.1 Å². The Morgan fingerprint density at radius 3 is 2.62 bits per heavy atom. The van der Waals surface area contributed by atoms with Crippen LogP contribution in [0.3, 0.4) is 0 Å². The highest BCUT2D eigenvalue weighted by atomic mass is 35.5. The molecule has 2 N–H and O–H groups in total. The van der Waals surface area contributed by atoms with Crippen LogP contribution in [-0.2, 0) is 36.2 Å². The quantitative estimate of drug-likeness (QED) is 0.784. The highest BCUT2D eigenvalue weighted by Crippen LogP contribution is 2.21. The maximum Gasteiger partial charge on any atom is 0.244 e. The van der Waals surface area contributed by atoms with Crippen molar-refractivity contribution in [1.29, 1.82) is 0 Å². The van der Waals surface area contributed by atoms with Crippen molar-refractivity contribution < 1.29 is 8.42 Å². The topological polar surface area (TPSA) is 76.0 Å². The van der Waals surface area contributed by atoms with Gasteiger partial charge in [0.1, 0.15) is 4.90 Å². The van der Waals surface area contributed by atoms with Crippen LogP contribution in [0.4, 0.5) is 0 Å².